The van der Waals surface area contributed by atoms with Gasteiger partial charge in [0.05, 0.1) is 7.11 Å². The molecule has 1 fully saturated rings. The van der Waals surface area contributed by atoms with Crippen LogP contribution in [0.2, 0.25) is 0 Å². The summed E-state index contributed by atoms with van der Waals surface area (Å²) in [4.78, 5) is 0. The summed E-state index contributed by atoms with van der Waals surface area (Å²) in [6, 6.07) is 8.99. The Bertz CT molecular complexity index is 371. The molecule has 1 N–H and O–H groups in total. The van der Waals surface area contributed by atoms with Crippen molar-refractivity contribution in [2.75, 3.05) is 13.7 Å². The topological polar surface area (TPSA) is 21.3 Å². The number of hydrogen-bond acceptors (Lipinski definition) is 2. The van der Waals surface area contributed by atoms with Gasteiger partial charge in [-0.15, -0.1) is 0 Å². The Balaban J connectivity index is 1.98. The van der Waals surface area contributed by atoms with E-state index in [1.165, 1.54) is 37.7 Å². The Morgan fingerprint density at radius 2 is 2.00 bits per heavy atom. The summed E-state index contributed by atoms with van der Waals surface area (Å²) in [7, 11) is 1.76. The highest BCUT2D eigenvalue weighted by molar-refractivity contribution is 5.33. The van der Waals surface area contributed by atoms with Crippen molar-refractivity contribution in [3.63, 3.8) is 0 Å². The van der Waals surface area contributed by atoms with E-state index in [-0.39, 0.29) is 0 Å². The predicted octanol–water partition coefficient (Wildman–Crippen LogP) is 3.80. The molecule has 0 bridgehead atoms. The van der Waals surface area contributed by atoms with Gasteiger partial charge < -0.3 is 10.1 Å². The van der Waals surface area contributed by atoms with E-state index < -0.39 is 0 Å². The van der Waals surface area contributed by atoms with Crippen molar-refractivity contribution in [3.8, 4) is 5.75 Å². The number of benzene rings is 1. The standard InChI is InChI=1S/C17H27NO/c1-3-18-16(12-14-8-4-5-9-14)13-15-10-6-7-11-17(15)19-2/h6-7,10-11,14,16,18H,3-5,8-9,12-13H2,1-2H3. The quantitative estimate of drug-likeness (QED) is 0.806. The van der Waals surface area contributed by atoms with E-state index in [4.69, 9.17) is 4.74 Å². The molecule has 0 saturated heterocycles. The van der Waals surface area contributed by atoms with E-state index in [9.17, 15) is 0 Å². The Morgan fingerprint density at radius 1 is 1.26 bits per heavy atom. The first-order chi connectivity index (χ1) is 9.33. The predicted molar refractivity (Wildman–Crippen MR) is 80.7 cm³/mol. The minimum Gasteiger partial charge on any atom is -0.496 e. The Morgan fingerprint density at radius 3 is 2.68 bits per heavy atom. The van der Waals surface area contributed by atoms with Crippen molar-refractivity contribution in [1.82, 2.24) is 5.32 Å². The molecule has 0 heterocycles. The Kier molecular flexibility index (Phi) is 5.71. The Labute approximate surface area is 117 Å². The molecule has 1 aromatic carbocycles. The maximum Gasteiger partial charge on any atom is 0.122 e. The molecule has 1 aliphatic carbocycles. The van der Waals surface area contributed by atoms with Gasteiger partial charge in [-0.25, -0.2) is 0 Å². The number of likely N-dealkylation sites (N-methyl/N-ethyl adjacent to an activating group) is 1. The average Bonchev–Trinajstić information content (AvgIpc) is 2.92. The van der Waals surface area contributed by atoms with Gasteiger partial charge in [0.15, 0.2) is 0 Å². The van der Waals surface area contributed by atoms with E-state index in [0.717, 1.165) is 24.6 Å². The fourth-order valence-electron chi connectivity index (χ4n) is 3.31. The normalized spacial score (nSPS) is 17.6. The van der Waals surface area contributed by atoms with E-state index >= 15 is 0 Å². The molecular formula is C17H27NO. The molecule has 0 radical (unpaired) electrons. The van der Waals surface area contributed by atoms with Crippen LogP contribution in [0.5, 0.6) is 5.75 Å². The highest BCUT2D eigenvalue weighted by Gasteiger charge is 2.20. The van der Waals surface area contributed by atoms with Gasteiger partial charge in [0.1, 0.15) is 5.75 Å². The van der Waals surface area contributed by atoms with Crippen LogP contribution in [-0.4, -0.2) is 19.7 Å². The summed E-state index contributed by atoms with van der Waals surface area (Å²) in [5.74, 6) is 1.95. The van der Waals surface area contributed by atoms with E-state index in [1.807, 2.05) is 6.07 Å². The van der Waals surface area contributed by atoms with Crippen LogP contribution < -0.4 is 10.1 Å². The lowest BCUT2D eigenvalue weighted by Gasteiger charge is -2.22. The fourth-order valence-corrected chi connectivity index (χ4v) is 3.31. The summed E-state index contributed by atoms with van der Waals surface area (Å²) in [6.45, 7) is 3.25. The average molecular weight is 261 g/mol. The summed E-state index contributed by atoms with van der Waals surface area (Å²) in [5, 5.41) is 3.65. The van der Waals surface area contributed by atoms with Crippen molar-refractivity contribution >= 4 is 0 Å². The van der Waals surface area contributed by atoms with Crippen LogP contribution >= 0.6 is 0 Å². The van der Waals surface area contributed by atoms with Gasteiger partial charge in [-0.05, 0) is 36.9 Å². The van der Waals surface area contributed by atoms with Crippen molar-refractivity contribution < 1.29 is 4.74 Å². The van der Waals surface area contributed by atoms with Gasteiger partial charge in [0.2, 0.25) is 0 Å². The fraction of sp³-hybridized carbons (Fsp3) is 0.647. The van der Waals surface area contributed by atoms with E-state index in [2.05, 4.69) is 30.4 Å². The molecule has 0 amide bonds. The second kappa shape index (κ2) is 7.54. The number of rotatable bonds is 7. The lowest BCUT2D eigenvalue weighted by atomic mass is 9.93. The zero-order valence-corrected chi connectivity index (χ0v) is 12.3. The maximum absolute atomic E-state index is 5.47. The number of ether oxygens (including phenoxy) is 1. The molecule has 0 aliphatic heterocycles. The molecule has 106 valence electrons. The van der Waals surface area contributed by atoms with Crippen molar-refractivity contribution in [2.24, 2.45) is 5.92 Å². The molecule has 1 aliphatic rings. The summed E-state index contributed by atoms with van der Waals surface area (Å²) in [6.07, 6.45) is 8.10. The number of nitrogens with one attached hydrogen (secondary N) is 1. The minimum absolute atomic E-state index is 0.587. The van der Waals surface area contributed by atoms with Crippen LogP contribution in [0.4, 0.5) is 0 Å². The second-order valence-corrected chi connectivity index (χ2v) is 5.66. The number of methoxy groups -OCH3 is 1. The lowest BCUT2D eigenvalue weighted by Crippen LogP contribution is -2.32. The molecule has 0 spiro atoms. The van der Waals surface area contributed by atoms with Crippen molar-refractivity contribution in [3.05, 3.63) is 29.8 Å². The summed E-state index contributed by atoms with van der Waals surface area (Å²) < 4.78 is 5.47. The molecule has 2 rings (SSSR count). The third-order valence-corrected chi connectivity index (χ3v) is 4.24. The van der Waals surface area contributed by atoms with Crippen molar-refractivity contribution in [1.29, 1.82) is 0 Å². The van der Waals surface area contributed by atoms with E-state index in [0.29, 0.717) is 6.04 Å². The summed E-state index contributed by atoms with van der Waals surface area (Å²) >= 11 is 0. The monoisotopic (exact) mass is 261 g/mol. The molecule has 2 nitrogen and oxygen atoms in total. The van der Waals surface area contributed by atoms with Crippen LogP contribution in [-0.2, 0) is 6.42 Å². The van der Waals surface area contributed by atoms with Crippen LogP contribution in [0.15, 0.2) is 24.3 Å². The second-order valence-electron chi connectivity index (χ2n) is 5.66. The first-order valence-corrected chi connectivity index (χ1v) is 7.68. The van der Waals surface area contributed by atoms with Gasteiger partial charge in [0, 0.05) is 6.04 Å². The maximum atomic E-state index is 5.47. The highest BCUT2D eigenvalue weighted by Crippen LogP contribution is 2.30. The van der Waals surface area contributed by atoms with Crippen LogP contribution in [0.1, 0.15) is 44.6 Å². The Hall–Kier alpha value is -1.02. The zero-order chi connectivity index (χ0) is 13.5. The highest BCUT2D eigenvalue weighted by atomic mass is 16.5. The largest absolute Gasteiger partial charge is 0.496 e. The van der Waals surface area contributed by atoms with Gasteiger partial charge in [0.25, 0.3) is 0 Å². The van der Waals surface area contributed by atoms with Crippen LogP contribution in [0, 0.1) is 5.92 Å². The first-order valence-electron chi connectivity index (χ1n) is 7.68. The number of hydrogen-bond donors (Lipinski definition) is 1. The van der Waals surface area contributed by atoms with Crippen LogP contribution in [0.3, 0.4) is 0 Å². The SMILES string of the molecule is CCNC(Cc1ccccc1OC)CC1CCCC1. The van der Waals surface area contributed by atoms with Gasteiger partial charge in [-0.3, -0.25) is 0 Å². The first kappa shape index (κ1) is 14.4. The summed E-state index contributed by atoms with van der Waals surface area (Å²) in [5.41, 5.74) is 1.33. The third kappa shape index (κ3) is 4.24. The van der Waals surface area contributed by atoms with Crippen LogP contribution in [0.25, 0.3) is 0 Å². The third-order valence-electron chi connectivity index (χ3n) is 4.24. The van der Waals surface area contributed by atoms with E-state index in [1.54, 1.807) is 7.11 Å². The molecule has 2 heteroatoms. The minimum atomic E-state index is 0.587. The zero-order valence-electron chi connectivity index (χ0n) is 12.3. The van der Waals surface area contributed by atoms with Gasteiger partial charge >= 0.3 is 0 Å². The number of para-hydroxylation sites is 1. The smallest absolute Gasteiger partial charge is 0.122 e. The van der Waals surface area contributed by atoms with Gasteiger partial charge in [-0.2, -0.15) is 0 Å². The molecule has 1 saturated carbocycles. The van der Waals surface area contributed by atoms with Gasteiger partial charge in [-0.1, -0.05) is 50.8 Å². The molecule has 1 atom stereocenters. The molecular weight excluding hydrogens is 234 g/mol. The lowest BCUT2D eigenvalue weighted by molar-refractivity contribution is 0.377. The molecule has 0 aromatic heterocycles. The molecule has 1 aromatic rings. The molecule has 19 heavy (non-hydrogen) atoms. The van der Waals surface area contributed by atoms with Crippen molar-refractivity contribution in [2.45, 2.75) is 51.5 Å². The molecule has 1 unspecified atom stereocenters.